The number of halogens is 4. The van der Waals surface area contributed by atoms with Crippen LogP contribution in [0, 0.1) is 0 Å². The van der Waals surface area contributed by atoms with Crippen molar-refractivity contribution in [2.24, 2.45) is 11.5 Å². The summed E-state index contributed by atoms with van der Waals surface area (Å²) in [5.74, 6) is 0.662. The van der Waals surface area contributed by atoms with Crippen molar-refractivity contribution in [3.8, 4) is 11.5 Å². The van der Waals surface area contributed by atoms with Crippen LogP contribution in [0.3, 0.4) is 0 Å². The Morgan fingerprint density at radius 2 is 0.977 bits per heavy atom. The Bertz CT molecular complexity index is 1240. The minimum absolute atomic E-state index is 0. The summed E-state index contributed by atoms with van der Waals surface area (Å²) < 4.78 is 0. The molecule has 4 aromatic rings. The van der Waals surface area contributed by atoms with E-state index in [-0.39, 0.29) is 55.1 Å². The van der Waals surface area contributed by atoms with Crippen molar-refractivity contribution >= 4 is 71.4 Å². The van der Waals surface area contributed by atoms with E-state index in [1.807, 2.05) is 24.3 Å². The summed E-state index contributed by atoms with van der Waals surface area (Å²) in [7, 11) is 0. The zero-order valence-corrected chi connectivity index (χ0v) is 27.6. The molecule has 9 nitrogen and oxygen atoms in total. The second kappa shape index (κ2) is 19.5. The molecule has 0 radical (unpaired) electrons. The molecule has 2 aromatic heterocycles. The zero-order valence-electron chi connectivity index (χ0n) is 24.3. The maximum Gasteiger partial charge on any atom is 0.116 e. The summed E-state index contributed by atoms with van der Waals surface area (Å²) in [5, 5.41) is 21.4. The largest absolute Gasteiger partial charge is 0.508 e. The van der Waals surface area contributed by atoms with Gasteiger partial charge in [0, 0.05) is 59.4 Å². The van der Waals surface area contributed by atoms with E-state index in [4.69, 9.17) is 11.5 Å². The van der Waals surface area contributed by atoms with Crippen LogP contribution in [0.5, 0.6) is 11.5 Å². The number of nitrogens with two attached hydrogens (primary N) is 2. The first-order valence-electron chi connectivity index (χ1n) is 14.0. The van der Waals surface area contributed by atoms with E-state index in [1.165, 1.54) is 11.1 Å². The molecular weight excluding hydrogens is 634 g/mol. The van der Waals surface area contributed by atoms with Crippen LogP contribution in [-0.4, -0.2) is 86.8 Å². The molecule has 6 rings (SSSR count). The predicted octanol–water partition coefficient (Wildman–Crippen LogP) is 4.54. The van der Waals surface area contributed by atoms with Crippen molar-refractivity contribution in [3.05, 3.63) is 59.9 Å². The maximum absolute atomic E-state index is 9.58. The number of fused-ring (bicyclic) bond motifs is 2. The average molecular weight is 683 g/mol. The number of H-pyrrole nitrogens is 2. The number of aromatic amines is 2. The molecule has 244 valence electrons. The molecular formula is C30H48Cl4N6O3. The molecule has 13 heteroatoms. The van der Waals surface area contributed by atoms with Crippen molar-refractivity contribution < 1.29 is 15.7 Å². The fourth-order valence-electron chi connectivity index (χ4n) is 5.66. The maximum atomic E-state index is 9.58. The average Bonchev–Trinajstić information content (AvgIpc) is 3.51. The van der Waals surface area contributed by atoms with Crippen LogP contribution in [0.15, 0.2) is 48.8 Å². The summed E-state index contributed by atoms with van der Waals surface area (Å²) in [6.45, 7) is 6.55. The van der Waals surface area contributed by atoms with E-state index in [0.717, 1.165) is 99.6 Å². The Balaban J connectivity index is 0.000000735. The summed E-state index contributed by atoms with van der Waals surface area (Å²) in [5.41, 5.74) is 16.6. The smallest absolute Gasteiger partial charge is 0.116 e. The Morgan fingerprint density at radius 3 is 1.33 bits per heavy atom. The van der Waals surface area contributed by atoms with Crippen LogP contribution in [0.25, 0.3) is 21.8 Å². The van der Waals surface area contributed by atoms with Crippen LogP contribution in [0.1, 0.15) is 36.8 Å². The van der Waals surface area contributed by atoms with E-state index >= 15 is 0 Å². The van der Waals surface area contributed by atoms with Gasteiger partial charge in [0.1, 0.15) is 11.5 Å². The van der Waals surface area contributed by atoms with E-state index in [0.29, 0.717) is 23.6 Å². The first-order chi connectivity index (χ1) is 18.4. The van der Waals surface area contributed by atoms with Crippen LogP contribution in [0.4, 0.5) is 0 Å². The Hall–Kier alpha value is -1.92. The molecule has 0 unspecified atom stereocenters. The van der Waals surface area contributed by atoms with E-state index in [1.54, 1.807) is 12.1 Å². The highest BCUT2D eigenvalue weighted by molar-refractivity contribution is 5.86. The van der Waals surface area contributed by atoms with E-state index in [2.05, 4.69) is 32.2 Å². The molecule has 2 aliphatic rings. The highest BCUT2D eigenvalue weighted by Gasteiger charge is 2.17. The van der Waals surface area contributed by atoms with Gasteiger partial charge in [0.05, 0.1) is 0 Å². The summed E-state index contributed by atoms with van der Waals surface area (Å²) in [4.78, 5) is 11.5. The standard InChI is InChI=1S/2C15H21N3O.4ClH.H2O/c2*16-12-4-7-18(8-5-12)6-3-11-10-17-15-2-1-13(19)9-14(11)15;;;;;/h2*1-2,9-10,12,17,19H,3-8,16H2;4*1H;1H2. The number of phenols is 2. The van der Waals surface area contributed by atoms with Gasteiger partial charge in [-0.3, -0.25) is 0 Å². The van der Waals surface area contributed by atoms with Crippen molar-refractivity contribution in [1.82, 2.24) is 19.8 Å². The monoisotopic (exact) mass is 680 g/mol. The van der Waals surface area contributed by atoms with Gasteiger partial charge in [0.15, 0.2) is 0 Å². The number of benzene rings is 2. The van der Waals surface area contributed by atoms with Crippen LogP contribution >= 0.6 is 49.6 Å². The lowest BCUT2D eigenvalue weighted by Gasteiger charge is -2.29. The molecule has 0 atom stereocenters. The molecule has 10 N–H and O–H groups in total. The molecule has 0 aliphatic carbocycles. The second-order valence-corrected chi connectivity index (χ2v) is 10.9. The number of rotatable bonds is 6. The van der Waals surface area contributed by atoms with Crippen molar-refractivity contribution in [2.45, 2.75) is 50.6 Å². The number of phenolic OH excluding ortho intramolecular Hbond substituents is 2. The van der Waals surface area contributed by atoms with Gasteiger partial charge in [-0.15, -0.1) is 49.6 Å². The third kappa shape index (κ3) is 11.2. The van der Waals surface area contributed by atoms with Gasteiger partial charge in [-0.05, 0) is 112 Å². The van der Waals surface area contributed by atoms with Gasteiger partial charge < -0.3 is 46.9 Å². The number of nitrogens with one attached hydrogen (secondary N) is 2. The first-order valence-corrected chi connectivity index (χ1v) is 14.0. The first kappa shape index (κ1) is 41.1. The van der Waals surface area contributed by atoms with E-state index in [9.17, 15) is 10.2 Å². The van der Waals surface area contributed by atoms with Gasteiger partial charge in [0.2, 0.25) is 0 Å². The molecule has 2 aromatic carbocycles. The fourth-order valence-corrected chi connectivity index (χ4v) is 5.66. The molecule has 2 aliphatic heterocycles. The van der Waals surface area contributed by atoms with Crippen molar-refractivity contribution in [3.63, 3.8) is 0 Å². The lowest BCUT2D eigenvalue weighted by atomic mass is 10.0. The number of aromatic nitrogens is 2. The molecule has 0 spiro atoms. The van der Waals surface area contributed by atoms with Gasteiger partial charge >= 0.3 is 0 Å². The van der Waals surface area contributed by atoms with Gasteiger partial charge in [-0.1, -0.05) is 0 Å². The Kier molecular flexibility index (Phi) is 18.6. The zero-order chi connectivity index (χ0) is 26.5. The minimum Gasteiger partial charge on any atom is -0.508 e. The SMILES string of the molecule is Cl.Cl.Cl.Cl.NC1CCN(CCc2c[nH]c3ccc(O)cc23)CC1.NC1CCN(CCc2c[nH]c3ccc(O)cc23)CC1.O. The molecule has 0 saturated carbocycles. The van der Waals surface area contributed by atoms with E-state index < -0.39 is 0 Å². The van der Waals surface area contributed by atoms with Gasteiger partial charge in [0.25, 0.3) is 0 Å². The normalized spacial score (nSPS) is 16.0. The predicted molar refractivity (Wildman–Crippen MR) is 187 cm³/mol. The van der Waals surface area contributed by atoms with Gasteiger partial charge in [-0.2, -0.15) is 0 Å². The third-order valence-corrected chi connectivity index (χ3v) is 8.16. The number of piperidine rings is 2. The Morgan fingerprint density at radius 1 is 0.628 bits per heavy atom. The highest BCUT2D eigenvalue weighted by Crippen LogP contribution is 2.25. The minimum atomic E-state index is 0. The lowest BCUT2D eigenvalue weighted by molar-refractivity contribution is 0.216. The number of likely N-dealkylation sites (tertiary alicyclic amines) is 2. The van der Waals surface area contributed by atoms with Gasteiger partial charge in [-0.25, -0.2) is 0 Å². The Labute approximate surface area is 278 Å². The number of nitrogens with zero attached hydrogens (tertiary/aromatic N) is 2. The second-order valence-electron chi connectivity index (χ2n) is 10.9. The summed E-state index contributed by atoms with van der Waals surface area (Å²) >= 11 is 0. The molecule has 0 bridgehead atoms. The lowest BCUT2D eigenvalue weighted by Crippen LogP contribution is -2.40. The number of hydrogen-bond acceptors (Lipinski definition) is 6. The molecule has 43 heavy (non-hydrogen) atoms. The van der Waals surface area contributed by atoms with Crippen LogP contribution < -0.4 is 11.5 Å². The summed E-state index contributed by atoms with van der Waals surface area (Å²) in [6.07, 6.45) is 10.6. The summed E-state index contributed by atoms with van der Waals surface area (Å²) in [6, 6.07) is 11.7. The van der Waals surface area contributed by atoms with Crippen molar-refractivity contribution in [1.29, 1.82) is 0 Å². The number of hydrogen-bond donors (Lipinski definition) is 6. The topological polar surface area (TPSA) is 162 Å². The fraction of sp³-hybridized carbons (Fsp3) is 0.467. The molecule has 2 saturated heterocycles. The molecule has 0 amide bonds. The number of aromatic hydroxyl groups is 2. The molecule has 4 heterocycles. The van der Waals surface area contributed by atoms with Crippen LogP contribution in [-0.2, 0) is 12.8 Å². The molecule has 2 fully saturated rings. The quantitative estimate of drug-likeness (QED) is 0.175. The third-order valence-electron chi connectivity index (χ3n) is 8.16. The van der Waals surface area contributed by atoms with Crippen LogP contribution in [0.2, 0.25) is 0 Å². The highest BCUT2D eigenvalue weighted by atomic mass is 35.5. The van der Waals surface area contributed by atoms with Crippen molar-refractivity contribution in [2.75, 3.05) is 39.3 Å².